The van der Waals surface area contributed by atoms with Gasteiger partial charge in [-0.1, -0.05) is 53.5 Å². The topological polar surface area (TPSA) is 61.4 Å². The van der Waals surface area contributed by atoms with Gasteiger partial charge in [0.15, 0.2) is 4.84 Å². The number of carbonyl (C=O) groups is 2. The zero-order valence-electron chi connectivity index (χ0n) is 15.6. The quantitative estimate of drug-likeness (QED) is 0.676. The van der Waals surface area contributed by atoms with Gasteiger partial charge < -0.3 is 15.5 Å². The van der Waals surface area contributed by atoms with E-state index in [1.807, 2.05) is 43.3 Å². The normalized spacial score (nSPS) is 14.8. The summed E-state index contributed by atoms with van der Waals surface area (Å²) in [6.07, 6.45) is 2.19. The molecule has 1 heterocycles. The van der Waals surface area contributed by atoms with Crippen molar-refractivity contribution in [2.45, 2.75) is 30.6 Å². The highest BCUT2D eigenvalue weighted by molar-refractivity contribution is 6.54. The molecule has 2 aromatic carbocycles. The van der Waals surface area contributed by atoms with E-state index < -0.39 is 10.7 Å². The molecule has 2 aromatic rings. The Morgan fingerprint density at radius 3 is 2.36 bits per heavy atom. The number of nitrogens with zero attached hydrogens (tertiary/aromatic N) is 1. The zero-order chi connectivity index (χ0) is 20.1. The van der Waals surface area contributed by atoms with Gasteiger partial charge in [-0.3, -0.25) is 9.59 Å². The molecule has 0 unspecified atom stereocenters. The second-order valence-corrected chi connectivity index (χ2v) is 7.92. The minimum atomic E-state index is -1.17. The summed E-state index contributed by atoms with van der Waals surface area (Å²) in [7, 11) is 0. The number of anilines is 2. The number of carbonyl (C=O) groups excluding carboxylic acids is 2. The first kappa shape index (κ1) is 20.5. The van der Waals surface area contributed by atoms with E-state index >= 15 is 0 Å². The number of halogens is 2. The predicted molar refractivity (Wildman–Crippen MR) is 114 cm³/mol. The first-order valence-electron chi connectivity index (χ1n) is 9.29. The minimum absolute atomic E-state index is 0.145. The van der Waals surface area contributed by atoms with Crippen LogP contribution in [-0.4, -0.2) is 29.7 Å². The summed E-state index contributed by atoms with van der Waals surface area (Å²) >= 11 is 11.2. The van der Waals surface area contributed by atoms with Crippen molar-refractivity contribution in [3.8, 4) is 0 Å². The number of rotatable bonds is 6. The Morgan fingerprint density at radius 1 is 1.04 bits per heavy atom. The van der Waals surface area contributed by atoms with Gasteiger partial charge in [-0.2, -0.15) is 0 Å². The third-order valence-electron chi connectivity index (χ3n) is 4.80. The molecule has 1 saturated heterocycles. The van der Waals surface area contributed by atoms with Crippen LogP contribution in [0.15, 0.2) is 48.5 Å². The highest BCUT2D eigenvalue weighted by Gasteiger charge is 2.22. The summed E-state index contributed by atoms with van der Waals surface area (Å²) < 4.78 is 0. The number of amides is 2. The molecule has 0 aliphatic carbocycles. The molecule has 148 valence electrons. The molecule has 0 radical (unpaired) electrons. The smallest absolute Gasteiger partial charge is 0.257 e. The van der Waals surface area contributed by atoms with Crippen LogP contribution in [0.5, 0.6) is 0 Å². The summed E-state index contributed by atoms with van der Waals surface area (Å²) in [4.78, 5) is 25.9. The summed E-state index contributed by atoms with van der Waals surface area (Å²) in [6, 6.07) is 14.9. The molecule has 1 aliphatic rings. The molecule has 7 heteroatoms. The van der Waals surface area contributed by atoms with Gasteiger partial charge in [-0.05, 0) is 43.5 Å². The molecular weight excluding hydrogens is 397 g/mol. The molecule has 1 aliphatic heterocycles. The molecule has 2 amide bonds. The number of nitrogens with one attached hydrogen (secondary N) is 2. The number of alkyl halides is 2. The predicted octanol–water partition coefficient (Wildman–Crippen LogP) is 4.52. The number of hydrogen-bond donors (Lipinski definition) is 2. The third kappa shape index (κ3) is 4.97. The zero-order valence-corrected chi connectivity index (χ0v) is 17.1. The SMILES string of the molecule is C[C@@H](NC(=O)c1cc(NC(=O)C(Cl)Cl)ccc1N1CCCC1)c1ccccc1. The van der Waals surface area contributed by atoms with E-state index in [0.717, 1.165) is 37.2 Å². The van der Waals surface area contributed by atoms with Crippen molar-refractivity contribution in [1.29, 1.82) is 0 Å². The number of hydrogen-bond acceptors (Lipinski definition) is 3. The largest absolute Gasteiger partial charge is 0.371 e. The average molecular weight is 420 g/mol. The molecule has 1 atom stereocenters. The van der Waals surface area contributed by atoms with E-state index in [-0.39, 0.29) is 11.9 Å². The molecule has 28 heavy (non-hydrogen) atoms. The van der Waals surface area contributed by atoms with Gasteiger partial charge in [-0.15, -0.1) is 0 Å². The molecule has 0 spiro atoms. The van der Waals surface area contributed by atoms with E-state index in [1.165, 1.54) is 0 Å². The lowest BCUT2D eigenvalue weighted by molar-refractivity contribution is -0.114. The van der Waals surface area contributed by atoms with E-state index in [9.17, 15) is 9.59 Å². The van der Waals surface area contributed by atoms with Gasteiger partial charge in [0.05, 0.1) is 11.6 Å². The molecule has 0 saturated carbocycles. The highest BCUT2D eigenvalue weighted by atomic mass is 35.5. The molecular formula is C21H23Cl2N3O2. The second-order valence-electron chi connectivity index (χ2n) is 6.82. The average Bonchev–Trinajstić information content (AvgIpc) is 3.23. The van der Waals surface area contributed by atoms with Crippen molar-refractivity contribution in [2.75, 3.05) is 23.3 Å². The second kappa shape index (κ2) is 9.30. The third-order valence-corrected chi connectivity index (χ3v) is 5.20. The van der Waals surface area contributed by atoms with Crippen LogP contribution in [0.4, 0.5) is 11.4 Å². The van der Waals surface area contributed by atoms with E-state index in [0.29, 0.717) is 11.3 Å². The van der Waals surface area contributed by atoms with Crippen molar-refractivity contribution in [2.24, 2.45) is 0 Å². The van der Waals surface area contributed by atoms with Crippen LogP contribution in [0.1, 0.15) is 41.7 Å². The summed E-state index contributed by atoms with van der Waals surface area (Å²) in [6.45, 7) is 3.76. The summed E-state index contributed by atoms with van der Waals surface area (Å²) in [5.41, 5.74) is 2.89. The maximum Gasteiger partial charge on any atom is 0.257 e. The Bertz CT molecular complexity index is 837. The fourth-order valence-corrected chi connectivity index (χ4v) is 3.43. The lowest BCUT2D eigenvalue weighted by Gasteiger charge is -2.23. The van der Waals surface area contributed by atoms with E-state index in [1.54, 1.807) is 12.1 Å². The van der Waals surface area contributed by atoms with Gasteiger partial charge in [-0.25, -0.2) is 0 Å². The van der Waals surface area contributed by atoms with Gasteiger partial charge in [0.25, 0.3) is 11.8 Å². The Kier molecular flexibility index (Phi) is 6.81. The van der Waals surface area contributed by atoms with Crippen molar-refractivity contribution in [3.63, 3.8) is 0 Å². The Hall–Kier alpha value is -2.24. The van der Waals surface area contributed by atoms with Crippen molar-refractivity contribution in [1.82, 2.24) is 5.32 Å². The standard InChI is InChI=1S/C21H23Cl2N3O2/c1-14(15-7-3-2-4-8-15)24-20(27)17-13-16(25-21(28)19(22)23)9-10-18(17)26-11-5-6-12-26/h2-4,7-10,13-14,19H,5-6,11-12H2,1H3,(H,24,27)(H,25,28)/t14-/m1/s1. The van der Waals surface area contributed by atoms with E-state index in [2.05, 4.69) is 15.5 Å². The molecule has 0 aromatic heterocycles. The first-order chi connectivity index (χ1) is 13.5. The lowest BCUT2D eigenvalue weighted by Crippen LogP contribution is -2.30. The van der Waals surface area contributed by atoms with E-state index in [4.69, 9.17) is 23.2 Å². The van der Waals surface area contributed by atoms with Gasteiger partial charge in [0.1, 0.15) is 0 Å². The molecule has 1 fully saturated rings. The van der Waals surface area contributed by atoms with Crippen LogP contribution in [0.2, 0.25) is 0 Å². The fourth-order valence-electron chi connectivity index (χ4n) is 3.33. The fraction of sp³-hybridized carbons (Fsp3) is 0.333. The lowest BCUT2D eigenvalue weighted by atomic mass is 10.1. The van der Waals surface area contributed by atoms with Gasteiger partial charge in [0, 0.05) is 24.5 Å². The monoisotopic (exact) mass is 419 g/mol. The van der Waals surface area contributed by atoms with Crippen LogP contribution in [0.25, 0.3) is 0 Å². The molecule has 5 nitrogen and oxygen atoms in total. The van der Waals surface area contributed by atoms with Gasteiger partial charge in [0.2, 0.25) is 0 Å². The first-order valence-corrected chi connectivity index (χ1v) is 10.2. The van der Waals surface area contributed by atoms with Crippen LogP contribution < -0.4 is 15.5 Å². The molecule has 2 N–H and O–H groups in total. The van der Waals surface area contributed by atoms with Crippen molar-refractivity contribution < 1.29 is 9.59 Å². The maximum absolute atomic E-state index is 13.1. The maximum atomic E-state index is 13.1. The van der Waals surface area contributed by atoms with Crippen LogP contribution in [0.3, 0.4) is 0 Å². The Morgan fingerprint density at radius 2 is 1.71 bits per heavy atom. The van der Waals surface area contributed by atoms with Crippen LogP contribution >= 0.6 is 23.2 Å². The summed E-state index contributed by atoms with van der Waals surface area (Å²) in [5.74, 6) is -0.719. The van der Waals surface area contributed by atoms with Gasteiger partial charge >= 0.3 is 0 Å². The molecule has 3 rings (SSSR count). The number of benzene rings is 2. The minimum Gasteiger partial charge on any atom is -0.371 e. The Labute approximate surface area is 175 Å². The Balaban J connectivity index is 1.86. The highest BCUT2D eigenvalue weighted by Crippen LogP contribution is 2.28. The summed E-state index contributed by atoms with van der Waals surface area (Å²) in [5, 5.41) is 5.69. The van der Waals surface area contributed by atoms with Crippen LogP contribution in [0, 0.1) is 0 Å². The van der Waals surface area contributed by atoms with Crippen molar-refractivity contribution >= 4 is 46.4 Å². The molecule has 0 bridgehead atoms. The van der Waals surface area contributed by atoms with Crippen LogP contribution in [-0.2, 0) is 4.79 Å². The van der Waals surface area contributed by atoms with Crippen molar-refractivity contribution in [3.05, 3.63) is 59.7 Å².